The molecule has 0 spiro atoms. The Bertz CT molecular complexity index is 1390. The van der Waals surface area contributed by atoms with Gasteiger partial charge in [-0.05, 0) is 37.7 Å². The van der Waals surface area contributed by atoms with Gasteiger partial charge in [-0.25, -0.2) is 9.97 Å². The second-order valence-corrected chi connectivity index (χ2v) is 11.9. The minimum absolute atomic E-state index is 0.0308. The maximum atomic E-state index is 13.7. The van der Waals surface area contributed by atoms with E-state index in [-0.39, 0.29) is 11.8 Å². The number of amides is 2. The third-order valence-electron chi connectivity index (χ3n) is 8.04. The Balaban J connectivity index is 1.05. The highest BCUT2D eigenvalue weighted by atomic mass is 32.1. The van der Waals surface area contributed by atoms with Gasteiger partial charge in [-0.3, -0.25) is 14.7 Å². The van der Waals surface area contributed by atoms with Gasteiger partial charge in [0.1, 0.15) is 5.69 Å². The summed E-state index contributed by atoms with van der Waals surface area (Å²) in [6.07, 6.45) is 5.52. The molecule has 0 atom stereocenters. The summed E-state index contributed by atoms with van der Waals surface area (Å²) in [5.41, 5.74) is 4.29. The summed E-state index contributed by atoms with van der Waals surface area (Å²) in [5, 5.41) is 11.3. The Morgan fingerprint density at radius 1 is 1.00 bits per heavy atom. The molecule has 7 rings (SSSR count). The van der Waals surface area contributed by atoms with Crippen LogP contribution in [0.25, 0.3) is 0 Å². The zero-order valence-corrected chi connectivity index (χ0v) is 22.5. The number of nitrogens with zero attached hydrogens (tertiary/aromatic N) is 6. The van der Waals surface area contributed by atoms with Gasteiger partial charge in [0, 0.05) is 67.3 Å². The lowest BCUT2D eigenvalue weighted by Gasteiger charge is -2.26. The molecule has 1 N–H and O–H groups in total. The molecule has 1 saturated carbocycles. The number of pyridine rings is 1. The van der Waals surface area contributed by atoms with Crippen molar-refractivity contribution in [1.29, 1.82) is 0 Å². The fraction of sp³-hybridized carbons (Fsp3) is 0.556. The van der Waals surface area contributed by atoms with Crippen molar-refractivity contribution in [3.63, 3.8) is 0 Å². The Morgan fingerprint density at radius 3 is 2.67 bits per heavy atom. The number of rotatable bonds is 6. The number of thiazole rings is 1. The summed E-state index contributed by atoms with van der Waals surface area (Å²) in [7, 11) is 0. The van der Waals surface area contributed by atoms with E-state index in [9.17, 15) is 9.59 Å². The number of hydrogen-bond acceptors (Lipinski definition) is 9. The molecular formula is C27H31N7O4S. The van der Waals surface area contributed by atoms with Gasteiger partial charge in [0.2, 0.25) is 5.88 Å². The van der Waals surface area contributed by atoms with Crippen molar-refractivity contribution >= 4 is 23.2 Å². The predicted molar refractivity (Wildman–Crippen MR) is 141 cm³/mol. The van der Waals surface area contributed by atoms with E-state index in [1.807, 2.05) is 11.0 Å². The largest absolute Gasteiger partial charge is 0.477 e. The van der Waals surface area contributed by atoms with Crippen molar-refractivity contribution in [3.8, 4) is 5.88 Å². The number of aromatic nitrogens is 5. The third-order valence-corrected chi connectivity index (χ3v) is 9.11. The lowest BCUT2D eigenvalue weighted by Crippen LogP contribution is -2.36. The lowest BCUT2D eigenvalue weighted by atomic mass is 10.0. The monoisotopic (exact) mass is 549 g/mol. The molecule has 204 valence electrons. The average molecular weight is 550 g/mol. The van der Waals surface area contributed by atoms with Gasteiger partial charge in [0.15, 0.2) is 5.01 Å². The molecule has 0 radical (unpaired) electrons. The lowest BCUT2D eigenvalue weighted by molar-refractivity contribution is 0.0490. The maximum absolute atomic E-state index is 13.7. The van der Waals surface area contributed by atoms with E-state index in [1.165, 1.54) is 11.3 Å². The van der Waals surface area contributed by atoms with Crippen LogP contribution in [-0.2, 0) is 30.7 Å². The van der Waals surface area contributed by atoms with Gasteiger partial charge in [-0.15, -0.1) is 16.4 Å². The fourth-order valence-corrected chi connectivity index (χ4v) is 6.58. The first kappa shape index (κ1) is 24.6. The molecule has 0 unspecified atom stereocenters. The predicted octanol–water partition coefficient (Wildman–Crippen LogP) is 2.74. The van der Waals surface area contributed by atoms with Crippen LogP contribution < -0.4 is 4.74 Å². The molecule has 0 aromatic carbocycles. The van der Waals surface area contributed by atoms with E-state index in [0.717, 1.165) is 66.5 Å². The Morgan fingerprint density at radius 2 is 1.82 bits per heavy atom. The van der Waals surface area contributed by atoms with Crippen LogP contribution >= 0.6 is 11.3 Å². The summed E-state index contributed by atoms with van der Waals surface area (Å²) in [5.74, 6) is 1.28. The summed E-state index contributed by atoms with van der Waals surface area (Å²) in [6, 6.07) is 3.73. The Labute approximate surface area is 229 Å². The molecular weight excluding hydrogens is 518 g/mol. The van der Waals surface area contributed by atoms with Crippen molar-refractivity contribution in [2.45, 2.75) is 57.5 Å². The van der Waals surface area contributed by atoms with Crippen molar-refractivity contribution in [1.82, 2.24) is 35.2 Å². The van der Waals surface area contributed by atoms with Gasteiger partial charge in [0.05, 0.1) is 31.1 Å². The molecule has 3 aromatic heterocycles. The first-order valence-electron chi connectivity index (χ1n) is 13.8. The van der Waals surface area contributed by atoms with Gasteiger partial charge in [-0.1, -0.05) is 5.21 Å². The quantitative estimate of drug-likeness (QED) is 0.497. The van der Waals surface area contributed by atoms with E-state index in [1.54, 1.807) is 11.0 Å². The average Bonchev–Trinajstić information content (AvgIpc) is 3.57. The van der Waals surface area contributed by atoms with Crippen molar-refractivity contribution in [2.75, 3.05) is 32.9 Å². The zero-order chi connectivity index (χ0) is 26.3. The van der Waals surface area contributed by atoms with Gasteiger partial charge >= 0.3 is 0 Å². The first-order valence-corrected chi connectivity index (χ1v) is 14.6. The van der Waals surface area contributed by atoms with Crippen LogP contribution in [0.3, 0.4) is 0 Å². The van der Waals surface area contributed by atoms with E-state index in [0.29, 0.717) is 73.9 Å². The van der Waals surface area contributed by atoms with Gasteiger partial charge in [-0.2, -0.15) is 0 Å². The number of ether oxygens (including phenoxy) is 2. The summed E-state index contributed by atoms with van der Waals surface area (Å²) in [6.45, 7) is 4.20. The Kier molecular flexibility index (Phi) is 6.51. The second-order valence-electron chi connectivity index (χ2n) is 10.8. The molecule has 4 aliphatic rings. The summed E-state index contributed by atoms with van der Waals surface area (Å²) >= 11 is 1.39. The number of aromatic amines is 1. The van der Waals surface area contributed by atoms with Crippen molar-refractivity contribution in [2.24, 2.45) is 5.92 Å². The van der Waals surface area contributed by atoms with Crippen LogP contribution in [0.15, 0.2) is 12.1 Å². The molecule has 39 heavy (non-hydrogen) atoms. The molecule has 6 heterocycles. The zero-order valence-electron chi connectivity index (χ0n) is 21.7. The number of carbonyl (C=O) groups excluding carboxylic acids is 2. The minimum Gasteiger partial charge on any atom is -0.477 e. The van der Waals surface area contributed by atoms with Crippen LogP contribution in [0.5, 0.6) is 5.88 Å². The summed E-state index contributed by atoms with van der Waals surface area (Å²) < 4.78 is 11.6. The number of H-pyrrole nitrogens is 1. The molecule has 11 nitrogen and oxygen atoms in total. The highest BCUT2D eigenvalue weighted by Crippen LogP contribution is 2.40. The standard InChI is InChI=1S/C27H31N7O4S/c35-26(18-11-21(17-1-2-17)28-24(12-18)38-15-16-5-9-37-10-6-16)34-8-4-20-23(14-34)39-25(29-20)27(36)33-7-3-19-22(13-33)31-32-30-19/h11-12,16-17H,1-10,13-15H2,(H,30,31,32). The number of carbonyl (C=O) groups is 2. The highest BCUT2D eigenvalue weighted by Gasteiger charge is 2.32. The molecule has 2 amide bonds. The molecule has 1 saturated heterocycles. The Hall–Kier alpha value is -3.38. The van der Waals surface area contributed by atoms with Gasteiger partial charge in [0.25, 0.3) is 11.8 Å². The SMILES string of the molecule is O=C(c1cc(OCC2CCOCC2)nc(C2CC2)c1)N1CCc2nc(C(=O)N3CCc4[nH]nnc4C3)sc2C1. The highest BCUT2D eigenvalue weighted by molar-refractivity contribution is 7.13. The molecule has 12 heteroatoms. The summed E-state index contributed by atoms with van der Waals surface area (Å²) in [4.78, 5) is 40.9. The first-order chi connectivity index (χ1) is 19.1. The van der Waals surface area contributed by atoms with Crippen LogP contribution in [0.4, 0.5) is 0 Å². The van der Waals surface area contributed by atoms with Gasteiger partial charge < -0.3 is 19.3 Å². The van der Waals surface area contributed by atoms with E-state index in [4.69, 9.17) is 14.5 Å². The smallest absolute Gasteiger partial charge is 0.283 e. The van der Waals surface area contributed by atoms with E-state index >= 15 is 0 Å². The van der Waals surface area contributed by atoms with Crippen LogP contribution in [0, 0.1) is 5.92 Å². The number of hydrogen-bond donors (Lipinski definition) is 1. The van der Waals surface area contributed by atoms with Crippen molar-refractivity contribution < 1.29 is 19.1 Å². The minimum atomic E-state index is -0.0875. The molecule has 1 aliphatic carbocycles. The number of nitrogens with one attached hydrogen (secondary N) is 1. The number of fused-ring (bicyclic) bond motifs is 2. The van der Waals surface area contributed by atoms with Crippen molar-refractivity contribution in [3.05, 3.63) is 50.4 Å². The normalized spacial score (nSPS) is 19.5. The molecule has 2 fully saturated rings. The van der Waals surface area contributed by atoms with Crippen LogP contribution in [-0.4, -0.2) is 79.9 Å². The fourth-order valence-electron chi connectivity index (χ4n) is 5.48. The van der Waals surface area contributed by atoms with E-state index < -0.39 is 0 Å². The molecule has 0 bridgehead atoms. The topological polar surface area (TPSA) is 126 Å². The molecule has 3 aromatic rings. The maximum Gasteiger partial charge on any atom is 0.283 e. The molecule has 3 aliphatic heterocycles. The second kappa shape index (κ2) is 10.3. The van der Waals surface area contributed by atoms with Crippen LogP contribution in [0.1, 0.15) is 79.4 Å². The third kappa shape index (κ3) is 5.14. The van der Waals surface area contributed by atoms with E-state index in [2.05, 4.69) is 20.4 Å². The van der Waals surface area contributed by atoms with Crippen LogP contribution in [0.2, 0.25) is 0 Å².